The number of hydrogen-bond donors (Lipinski definition) is 1. The quantitative estimate of drug-likeness (QED) is 0.905. The number of aromatic nitrogens is 3. The fourth-order valence-electron chi connectivity index (χ4n) is 1.47. The van der Waals surface area contributed by atoms with E-state index in [1.54, 1.807) is 18.3 Å². The van der Waals surface area contributed by atoms with Crippen LogP contribution in [0.4, 0.5) is 0 Å². The molecule has 0 saturated carbocycles. The molecule has 0 saturated heterocycles. The first-order valence-electron chi connectivity index (χ1n) is 5.42. The predicted octanol–water partition coefficient (Wildman–Crippen LogP) is 2.58. The molecule has 90 valence electrons. The van der Waals surface area contributed by atoms with Gasteiger partial charge in [0.15, 0.2) is 0 Å². The van der Waals surface area contributed by atoms with Crippen LogP contribution in [0.5, 0.6) is 0 Å². The first-order valence-corrected chi connectivity index (χ1v) is 5.80. The van der Waals surface area contributed by atoms with Crippen molar-refractivity contribution in [3.05, 3.63) is 29.2 Å². The Labute approximate surface area is 104 Å². The smallest absolute Gasteiger partial charge is 0.243 e. The molecule has 2 aromatic rings. The van der Waals surface area contributed by atoms with E-state index in [0.29, 0.717) is 22.4 Å². The molecule has 6 heteroatoms. The molecule has 0 radical (unpaired) electrons. The van der Waals surface area contributed by atoms with Crippen molar-refractivity contribution in [3.63, 3.8) is 0 Å². The average molecular weight is 253 g/mol. The van der Waals surface area contributed by atoms with Crippen molar-refractivity contribution in [2.24, 2.45) is 5.73 Å². The van der Waals surface area contributed by atoms with Gasteiger partial charge in [-0.05, 0) is 18.6 Å². The predicted molar refractivity (Wildman–Crippen MR) is 64.4 cm³/mol. The van der Waals surface area contributed by atoms with Gasteiger partial charge in [-0.25, -0.2) is 0 Å². The Morgan fingerprint density at radius 3 is 3.06 bits per heavy atom. The molecule has 5 nitrogen and oxygen atoms in total. The van der Waals surface area contributed by atoms with Crippen LogP contribution in [0.3, 0.4) is 0 Å². The maximum atomic E-state index is 5.99. The Kier molecular flexibility index (Phi) is 3.71. The molecule has 2 heterocycles. The molecule has 0 aliphatic carbocycles. The van der Waals surface area contributed by atoms with Crippen molar-refractivity contribution >= 4 is 11.6 Å². The summed E-state index contributed by atoms with van der Waals surface area (Å²) < 4.78 is 5.10. The van der Waals surface area contributed by atoms with E-state index < -0.39 is 0 Å². The van der Waals surface area contributed by atoms with Crippen LogP contribution < -0.4 is 5.73 Å². The van der Waals surface area contributed by atoms with E-state index in [9.17, 15) is 0 Å². The minimum atomic E-state index is -0.233. The lowest BCUT2D eigenvalue weighted by atomic mass is 10.2. The highest BCUT2D eigenvalue weighted by molar-refractivity contribution is 6.32. The summed E-state index contributed by atoms with van der Waals surface area (Å²) in [5, 5.41) is 4.33. The maximum Gasteiger partial charge on any atom is 0.243 e. The molecule has 0 amide bonds. The molecule has 0 fully saturated rings. The van der Waals surface area contributed by atoms with Crippen molar-refractivity contribution < 1.29 is 4.52 Å². The molecular formula is C11H13ClN4O. The Bertz CT molecular complexity index is 500. The van der Waals surface area contributed by atoms with Gasteiger partial charge < -0.3 is 10.3 Å². The normalized spacial score (nSPS) is 12.6. The van der Waals surface area contributed by atoms with E-state index in [0.717, 1.165) is 12.8 Å². The van der Waals surface area contributed by atoms with E-state index in [1.807, 2.05) is 6.92 Å². The molecule has 0 aliphatic heterocycles. The van der Waals surface area contributed by atoms with Gasteiger partial charge in [0.1, 0.15) is 5.69 Å². The van der Waals surface area contributed by atoms with Crippen molar-refractivity contribution in [2.75, 3.05) is 0 Å². The van der Waals surface area contributed by atoms with Gasteiger partial charge in [-0.3, -0.25) is 4.98 Å². The van der Waals surface area contributed by atoms with E-state index >= 15 is 0 Å². The third-order valence-electron chi connectivity index (χ3n) is 2.33. The summed E-state index contributed by atoms with van der Waals surface area (Å²) in [6, 6.07) is 3.24. The summed E-state index contributed by atoms with van der Waals surface area (Å²) in [5.74, 6) is 0.792. The molecule has 2 aromatic heterocycles. The van der Waals surface area contributed by atoms with Gasteiger partial charge in [-0.2, -0.15) is 4.98 Å². The molecule has 2 rings (SSSR count). The fourth-order valence-corrected chi connectivity index (χ4v) is 1.67. The van der Waals surface area contributed by atoms with Crippen LogP contribution in [0.1, 0.15) is 31.7 Å². The lowest BCUT2D eigenvalue weighted by Crippen LogP contribution is -2.09. The summed E-state index contributed by atoms with van der Waals surface area (Å²) in [4.78, 5) is 8.32. The van der Waals surface area contributed by atoms with Gasteiger partial charge in [0.2, 0.25) is 11.7 Å². The highest BCUT2D eigenvalue weighted by Gasteiger charge is 2.16. The van der Waals surface area contributed by atoms with Gasteiger partial charge >= 0.3 is 0 Å². The summed E-state index contributed by atoms with van der Waals surface area (Å²) in [6.45, 7) is 2.05. The van der Waals surface area contributed by atoms with E-state index in [-0.39, 0.29) is 6.04 Å². The molecule has 17 heavy (non-hydrogen) atoms. The van der Waals surface area contributed by atoms with Crippen molar-refractivity contribution in [3.8, 4) is 11.5 Å². The number of halogens is 1. The Morgan fingerprint density at radius 1 is 1.53 bits per heavy atom. The highest BCUT2D eigenvalue weighted by Crippen LogP contribution is 2.24. The van der Waals surface area contributed by atoms with Gasteiger partial charge in [-0.15, -0.1) is 0 Å². The zero-order valence-corrected chi connectivity index (χ0v) is 10.2. The zero-order valence-electron chi connectivity index (χ0n) is 9.43. The van der Waals surface area contributed by atoms with Crippen LogP contribution in [0.25, 0.3) is 11.5 Å². The molecule has 1 atom stereocenters. The lowest BCUT2D eigenvalue weighted by Gasteiger charge is -2.02. The fraction of sp³-hybridized carbons (Fsp3) is 0.364. The number of nitrogens with zero attached hydrogens (tertiary/aromatic N) is 3. The van der Waals surface area contributed by atoms with Crippen LogP contribution in [-0.4, -0.2) is 15.1 Å². The topological polar surface area (TPSA) is 77.8 Å². The highest BCUT2D eigenvalue weighted by atomic mass is 35.5. The van der Waals surface area contributed by atoms with E-state index in [4.69, 9.17) is 21.9 Å². The van der Waals surface area contributed by atoms with Gasteiger partial charge in [0, 0.05) is 6.20 Å². The summed E-state index contributed by atoms with van der Waals surface area (Å²) in [7, 11) is 0. The van der Waals surface area contributed by atoms with Crippen LogP contribution in [0.2, 0.25) is 5.02 Å². The largest absolute Gasteiger partial charge is 0.337 e. The zero-order chi connectivity index (χ0) is 12.3. The molecule has 0 bridgehead atoms. The lowest BCUT2D eigenvalue weighted by molar-refractivity contribution is 0.348. The Morgan fingerprint density at radius 2 is 2.35 bits per heavy atom. The molecule has 1 unspecified atom stereocenters. The monoisotopic (exact) mass is 252 g/mol. The maximum absolute atomic E-state index is 5.99. The number of rotatable bonds is 4. The Hall–Kier alpha value is -1.46. The third-order valence-corrected chi connectivity index (χ3v) is 2.63. The SMILES string of the molecule is CCCC(N)c1nc(-c2ncccc2Cl)no1. The summed E-state index contributed by atoms with van der Waals surface area (Å²) >= 11 is 5.99. The number of hydrogen-bond acceptors (Lipinski definition) is 5. The number of nitrogens with two attached hydrogens (primary N) is 1. The van der Waals surface area contributed by atoms with Gasteiger partial charge in [0.25, 0.3) is 0 Å². The molecule has 2 N–H and O–H groups in total. The second kappa shape index (κ2) is 5.25. The third kappa shape index (κ3) is 2.62. The standard InChI is InChI=1S/C11H13ClN4O/c1-2-4-8(13)11-15-10(16-17-11)9-7(12)5-3-6-14-9/h3,5-6,8H,2,4,13H2,1H3. The van der Waals surface area contributed by atoms with E-state index in [2.05, 4.69) is 15.1 Å². The van der Waals surface area contributed by atoms with Crippen molar-refractivity contribution in [1.29, 1.82) is 0 Å². The summed E-state index contributed by atoms with van der Waals surface area (Å²) in [6.07, 6.45) is 3.39. The molecule has 0 spiro atoms. The van der Waals surface area contributed by atoms with Crippen LogP contribution in [-0.2, 0) is 0 Å². The second-order valence-electron chi connectivity index (χ2n) is 3.69. The van der Waals surface area contributed by atoms with Crippen molar-refractivity contribution in [1.82, 2.24) is 15.1 Å². The van der Waals surface area contributed by atoms with Crippen LogP contribution >= 0.6 is 11.6 Å². The average Bonchev–Trinajstić information content (AvgIpc) is 2.79. The molecular weight excluding hydrogens is 240 g/mol. The van der Waals surface area contributed by atoms with Crippen molar-refractivity contribution in [2.45, 2.75) is 25.8 Å². The van der Waals surface area contributed by atoms with E-state index in [1.165, 1.54) is 0 Å². The molecule has 0 aliphatic rings. The first kappa shape index (κ1) is 12.0. The Balaban J connectivity index is 2.27. The second-order valence-corrected chi connectivity index (χ2v) is 4.09. The molecule has 0 aromatic carbocycles. The van der Waals surface area contributed by atoms with Gasteiger partial charge in [-0.1, -0.05) is 30.1 Å². The minimum Gasteiger partial charge on any atom is -0.337 e. The van der Waals surface area contributed by atoms with Crippen LogP contribution in [0.15, 0.2) is 22.9 Å². The minimum absolute atomic E-state index is 0.233. The number of pyridine rings is 1. The van der Waals surface area contributed by atoms with Crippen LogP contribution in [0, 0.1) is 0 Å². The summed E-state index contributed by atoms with van der Waals surface area (Å²) in [5.41, 5.74) is 6.39. The first-order chi connectivity index (χ1) is 8.22. The van der Waals surface area contributed by atoms with Gasteiger partial charge in [0.05, 0.1) is 11.1 Å².